The zero-order valence-electron chi connectivity index (χ0n) is 16.3. The van der Waals surface area contributed by atoms with Crippen molar-refractivity contribution in [3.05, 3.63) is 53.2 Å². The molecule has 3 nitrogen and oxygen atoms in total. The monoisotopic (exact) mass is 397 g/mol. The Morgan fingerprint density at radius 1 is 1.21 bits per heavy atom. The largest absolute Gasteiger partial charge is 0.411 e. The van der Waals surface area contributed by atoms with Gasteiger partial charge in [0.15, 0.2) is 0 Å². The number of alkyl halides is 3. The highest BCUT2D eigenvalue weighted by Crippen LogP contribution is 2.57. The molecule has 0 amide bonds. The van der Waals surface area contributed by atoms with Gasteiger partial charge in [0.05, 0.1) is 22.5 Å². The van der Waals surface area contributed by atoms with Gasteiger partial charge in [-0.25, -0.2) is 0 Å². The van der Waals surface area contributed by atoms with E-state index in [9.17, 15) is 18.4 Å². The molecule has 150 valence electrons. The van der Waals surface area contributed by atoms with Crippen LogP contribution in [0.5, 0.6) is 0 Å². The van der Waals surface area contributed by atoms with Crippen LogP contribution in [0.2, 0.25) is 0 Å². The van der Waals surface area contributed by atoms with Crippen molar-refractivity contribution in [1.82, 2.24) is 9.47 Å². The van der Waals surface area contributed by atoms with E-state index in [4.69, 9.17) is 0 Å². The van der Waals surface area contributed by atoms with Gasteiger partial charge in [-0.3, -0.25) is 0 Å². The standard InChI is InChI=1S/C23H22F3N3/c1-15-8-9-17-18(14-27)21(29(20(17)13-15)16-5-4-6-16)19-7-2-3-12-28(19)22(10-11-22)23(24,25)26/h2-3,7-9,13,16H,4-6,10-12H2,1H3. The summed E-state index contributed by atoms with van der Waals surface area (Å²) in [7, 11) is 0. The Morgan fingerprint density at radius 3 is 2.55 bits per heavy atom. The second-order valence-corrected chi connectivity index (χ2v) is 8.43. The van der Waals surface area contributed by atoms with Crippen molar-refractivity contribution in [3.63, 3.8) is 0 Å². The number of allylic oxidation sites excluding steroid dienone is 2. The summed E-state index contributed by atoms with van der Waals surface area (Å²) in [5.41, 5.74) is 1.88. The van der Waals surface area contributed by atoms with Crippen molar-refractivity contribution in [1.29, 1.82) is 5.26 Å². The molecule has 29 heavy (non-hydrogen) atoms. The minimum atomic E-state index is -4.30. The molecule has 0 unspecified atom stereocenters. The third-order valence-corrected chi connectivity index (χ3v) is 6.69. The van der Waals surface area contributed by atoms with Crippen LogP contribution in [0.15, 0.2) is 36.4 Å². The molecule has 6 heteroatoms. The second-order valence-electron chi connectivity index (χ2n) is 8.43. The molecular formula is C23H22F3N3. The Bertz CT molecular complexity index is 1090. The number of aromatic nitrogens is 1. The Morgan fingerprint density at radius 2 is 1.97 bits per heavy atom. The summed E-state index contributed by atoms with van der Waals surface area (Å²) in [6.45, 7) is 2.21. The number of benzene rings is 1. The molecule has 2 heterocycles. The lowest BCUT2D eigenvalue weighted by Gasteiger charge is -2.39. The van der Waals surface area contributed by atoms with Crippen molar-refractivity contribution in [3.8, 4) is 6.07 Å². The highest BCUT2D eigenvalue weighted by molar-refractivity contribution is 5.93. The summed E-state index contributed by atoms with van der Waals surface area (Å²) < 4.78 is 44.1. The van der Waals surface area contributed by atoms with Crippen LogP contribution in [0.3, 0.4) is 0 Å². The average Bonchev–Trinajstić information content (AvgIpc) is 3.40. The van der Waals surface area contributed by atoms with E-state index >= 15 is 0 Å². The van der Waals surface area contributed by atoms with Crippen molar-refractivity contribution >= 4 is 16.6 Å². The van der Waals surface area contributed by atoms with E-state index in [0.29, 0.717) is 17.0 Å². The van der Waals surface area contributed by atoms with Crippen LogP contribution >= 0.6 is 0 Å². The highest BCUT2D eigenvalue weighted by Gasteiger charge is 2.67. The maximum atomic E-state index is 14.0. The summed E-state index contributed by atoms with van der Waals surface area (Å²) in [6.07, 6.45) is 4.33. The number of halogens is 3. The maximum Gasteiger partial charge on any atom is 0.411 e. The molecule has 5 rings (SSSR count). The summed E-state index contributed by atoms with van der Waals surface area (Å²) in [4.78, 5) is 1.49. The van der Waals surface area contributed by atoms with Gasteiger partial charge in [-0.15, -0.1) is 0 Å². The summed E-state index contributed by atoms with van der Waals surface area (Å²) in [5.74, 6) is 0. The van der Waals surface area contributed by atoms with Crippen LogP contribution < -0.4 is 0 Å². The lowest BCUT2D eigenvalue weighted by atomic mass is 9.92. The smallest absolute Gasteiger partial charge is 0.352 e. The topological polar surface area (TPSA) is 32.0 Å². The molecule has 2 aliphatic carbocycles. The normalized spacial score (nSPS) is 21.1. The molecule has 0 bridgehead atoms. The maximum absolute atomic E-state index is 14.0. The molecular weight excluding hydrogens is 375 g/mol. The quantitative estimate of drug-likeness (QED) is 0.650. The molecule has 0 atom stereocenters. The lowest BCUT2D eigenvalue weighted by Crippen LogP contribution is -2.48. The van der Waals surface area contributed by atoms with Crippen molar-refractivity contribution in [2.45, 2.75) is 56.8 Å². The third kappa shape index (κ3) is 2.56. The Labute approximate surface area is 167 Å². The Hall–Kier alpha value is -2.68. The van der Waals surface area contributed by atoms with E-state index in [1.165, 1.54) is 4.90 Å². The first-order valence-corrected chi connectivity index (χ1v) is 10.1. The van der Waals surface area contributed by atoms with E-state index in [0.717, 1.165) is 35.7 Å². The lowest BCUT2D eigenvalue weighted by molar-refractivity contribution is -0.186. The van der Waals surface area contributed by atoms with Gasteiger partial charge < -0.3 is 9.47 Å². The van der Waals surface area contributed by atoms with Crippen molar-refractivity contribution < 1.29 is 13.2 Å². The van der Waals surface area contributed by atoms with Gasteiger partial charge in [0.25, 0.3) is 0 Å². The van der Waals surface area contributed by atoms with Gasteiger partial charge in [-0.1, -0.05) is 24.3 Å². The van der Waals surface area contributed by atoms with Gasteiger partial charge in [-0.05, 0) is 56.7 Å². The molecule has 2 fully saturated rings. The fourth-order valence-corrected chi connectivity index (χ4v) is 4.76. The summed E-state index contributed by atoms with van der Waals surface area (Å²) in [6, 6.07) is 8.49. The number of hydrogen-bond donors (Lipinski definition) is 0. The minimum absolute atomic E-state index is 0.104. The van der Waals surface area contributed by atoms with Crippen molar-refractivity contribution in [2.24, 2.45) is 0 Å². The molecule has 1 aromatic heterocycles. The Kier molecular flexibility index (Phi) is 3.90. The second kappa shape index (κ2) is 6.16. The molecule has 1 aromatic carbocycles. The molecule has 2 saturated carbocycles. The predicted octanol–water partition coefficient (Wildman–Crippen LogP) is 5.85. The van der Waals surface area contributed by atoms with Gasteiger partial charge in [-0.2, -0.15) is 18.4 Å². The van der Waals surface area contributed by atoms with E-state index in [2.05, 4.69) is 16.7 Å². The van der Waals surface area contributed by atoms with Crippen LogP contribution in [0.1, 0.15) is 55.0 Å². The first-order chi connectivity index (χ1) is 13.9. The highest BCUT2D eigenvalue weighted by atomic mass is 19.4. The van der Waals surface area contributed by atoms with E-state index in [1.54, 1.807) is 12.2 Å². The van der Waals surface area contributed by atoms with Gasteiger partial charge in [0.1, 0.15) is 11.6 Å². The third-order valence-electron chi connectivity index (χ3n) is 6.69. The first kappa shape index (κ1) is 18.4. The van der Waals surface area contributed by atoms with Crippen LogP contribution in [-0.2, 0) is 0 Å². The summed E-state index contributed by atoms with van der Waals surface area (Å²) >= 11 is 0. The molecule has 3 aliphatic rings. The number of hydrogen-bond acceptors (Lipinski definition) is 2. The number of rotatable bonds is 3. The number of fused-ring (bicyclic) bond motifs is 1. The number of nitrogens with zero attached hydrogens (tertiary/aromatic N) is 3. The van der Waals surface area contributed by atoms with Gasteiger partial charge in [0.2, 0.25) is 0 Å². The van der Waals surface area contributed by atoms with Crippen molar-refractivity contribution in [2.75, 3.05) is 6.54 Å². The predicted molar refractivity (Wildman–Crippen MR) is 106 cm³/mol. The number of aryl methyl sites for hydroxylation is 1. The SMILES string of the molecule is Cc1ccc2c(C#N)c(C3=CC=CCN3C3(C(F)(F)F)CC3)n(C3CCC3)c2c1. The van der Waals surface area contributed by atoms with Gasteiger partial charge >= 0.3 is 6.18 Å². The minimum Gasteiger partial charge on any atom is -0.352 e. The average molecular weight is 397 g/mol. The molecule has 0 N–H and O–H groups in total. The van der Waals surface area contributed by atoms with Crippen LogP contribution in [0.25, 0.3) is 16.6 Å². The number of nitriles is 1. The van der Waals surface area contributed by atoms with Gasteiger partial charge in [0, 0.05) is 18.0 Å². The van der Waals surface area contributed by atoms with E-state index in [1.807, 2.05) is 25.1 Å². The van der Waals surface area contributed by atoms with Crippen LogP contribution in [0.4, 0.5) is 13.2 Å². The molecule has 0 spiro atoms. The summed E-state index contributed by atoms with van der Waals surface area (Å²) in [5, 5.41) is 10.8. The Balaban J connectivity index is 1.77. The van der Waals surface area contributed by atoms with E-state index in [-0.39, 0.29) is 25.4 Å². The van der Waals surface area contributed by atoms with Crippen LogP contribution in [0, 0.1) is 18.3 Å². The molecule has 2 aromatic rings. The first-order valence-electron chi connectivity index (χ1n) is 10.1. The molecule has 1 aliphatic heterocycles. The fourth-order valence-electron chi connectivity index (χ4n) is 4.76. The fraction of sp³-hybridized carbons (Fsp3) is 0.435. The zero-order chi connectivity index (χ0) is 20.4. The van der Waals surface area contributed by atoms with E-state index < -0.39 is 11.7 Å². The van der Waals surface area contributed by atoms with Crippen LogP contribution in [-0.4, -0.2) is 27.7 Å². The zero-order valence-corrected chi connectivity index (χ0v) is 16.3. The molecule has 0 saturated heterocycles. The molecule has 0 radical (unpaired) electrons.